The molecule has 1 aliphatic heterocycles. The lowest BCUT2D eigenvalue weighted by molar-refractivity contribution is -0.144. The predicted molar refractivity (Wildman–Crippen MR) is 148 cm³/mol. The lowest BCUT2D eigenvalue weighted by Crippen LogP contribution is -2.51. The summed E-state index contributed by atoms with van der Waals surface area (Å²) in [5.74, 6) is -1.24. The number of nitrogens with zero attached hydrogens (tertiary/aromatic N) is 1. The van der Waals surface area contributed by atoms with Crippen LogP contribution in [0, 0.1) is 5.92 Å². The Labute approximate surface area is 221 Å². The average molecular weight is 503 g/mol. The van der Waals surface area contributed by atoms with E-state index in [0.717, 1.165) is 69.0 Å². The van der Waals surface area contributed by atoms with Crippen LogP contribution >= 0.6 is 0 Å². The molecule has 5 heteroatoms. The van der Waals surface area contributed by atoms with Crippen LogP contribution < -0.4 is 5.32 Å². The number of nitrogens with one attached hydrogen (secondary N) is 1. The van der Waals surface area contributed by atoms with Gasteiger partial charge in [0.2, 0.25) is 5.91 Å². The number of carboxylic acid groups (broad SMARTS) is 1. The van der Waals surface area contributed by atoms with Gasteiger partial charge in [-0.1, -0.05) is 74.2 Å². The maximum absolute atomic E-state index is 13.7. The first kappa shape index (κ1) is 26.0. The monoisotopic (exact) mass is 502 g/mol. The maximum Gasteiger partial charge on any atom is 0.308 e. The first-order valence-electron chi connectivity index (χ1n) is 14.4. The number of carbonyl (C=O) groups excluding carboxylic acids is 1. The number of benzene rings is 2. The number of hydrogen-bond acceptors (Lipinski definition) is 3. The fourth-order valence-electron chi connectivity index (χ4n) is 6.97. The van der Waals surface area contributed by atoms with Crippen molar-refractivity contribution in [3.05, 3.63) is 59.7 Å². The van der Waals surface area contributed by atoms with Crippen LogP contribution in [0.2, 0.25) is 0 Å². The molecule has 3 unspecified atom stereocenters. The molecule has 3 fully saturated rings. The first-order chi connectivity index (χ1) is 18.0. The highest BCUT2D eigenvalue weighted by atomic mass is 16.4. The molecule has 0 radical (unpaired) electrons. The Morgan fingerprint density at radius 3 is 2.16 bits per heavy atom. The SMILES string of the molecule is CC1CCCN1CCc1ccc(-c2ccc(C3(C(=O)NC4CCCCC4C(=O)O)CCCC3)cc2)cc1. The van der Waals surface area contributed by atoms with E-state index < -0.39 is 17.3 Å². The molecule has 3 aliphatic rings. The van der Waals surface area contributed by atoms with E-state index in [0.29, 0.717) is 12.5 Å². The van der Waals surface area contributed by atoms with Gasteiger partial charge in [0.25, 0.3) is 0 Å². The van der Waals surface area contributed by atoms with Crippen molar-refractivity contribution in [2.75, 3.05) is 13.1 Å². The number of amides is 1. The largest absolute Gasteiger partial charge is 0.481 e. The van der Waals surface area contributed by atoms with Gasteiger partial charge in [-0.05, 0) is 80.7 Å². The zero-order chi connectivity index (χ0) is 25.8. The third-order valence-corrected chi connectivity index (χ3v) is 9.39. The Morgan fingerprint density at radius 2 is 1.54 bits per heavy atom. The molecule has 37 heavy (non-hydrogen) atoms. The van der Waals surface area contributed by atoms with Crippen molar-refractivity contribution in [3.63, 3.8) is 0 Å². The smallest absolute Gasteiger partial charge is 0.308 e. The van der Waals surface area contributed by atoms with E-state index in [1.165, 1.54) is 30.5 Å². The fourth-order valence-corrected chi connectivity index (χ4v) is 6.97. The third kappa shape index (κ3) is 5.62. The predicted octanol–water partition coefficient (Wildman–Crippen LogP) is 5.95. The van der Waals surface area contributed by atoms with Crippen LogP contribution in [-0.2, 0) is 21.4 Å². The van der Waals surface area contributed by atoms with Crippen molar-refractivity contribution < 1.29 is 14.7 Å². The van der Waals surface area contributed by atoms with Crippen LogP contribution in [-0.4, -0.2) is 47.1 Å². The molecule has 2 saturated carbocycles. The zero-order valence-corrected chi connectivity index (χ0v) is 22.3. The van der Waals surface area contributed by atoms with Crippen molar-refractivity contribution in [1.82, 2.24) is 10.2 Å². The van der Waals surface area contributed by atoms with E-state index in [2.05, 4.69) is 65.7 Å². The highest BCUT2D eigenvalue weighted by molar-refractivity contribution is 5.89. The second-order valence-corrected chi connectivity index (χ2v) is 11.6. The molecule has 1 amide bonds. The molecule has 0 spiro atoms. The molecular weight excluding hydrogens is 460 g/mol. The highest BCUT2D eigenvalue weighted by Crippen LogP contribution is 2.42. The quantitative estimate of drug-likeness (QED) is 0.468. The van der Waals surface area contributed by atoms with Gasteiger partial charge in [0, 0.05) is 18.6 Å². The van der Waals surface area contributed by atoms with Crippen LogP contribution in [0.5, 0.6) is 0 Å². The molecule has 5 rings (SSSR count). The normalized spacial score (nSPS) is 25.7. The summed E-state index contributed by atoms with van der Waals surface area (Å²) in [5, 5.41) is 12.9. The van der Waals surface area contributed by atoms with E-state index in [1.807, 2.05) is 0 Å². The minimum atomic E-state index is -0.786. The Bertz CT molecular complexity index is 1070. The Hall–Kier alpha value is -2.66. The van der Waals surface area contributed by atoms with Gasteiger partial charge < -0.3 is 15.3 Å². The molecule has 2 aromatic carbocycles. The van der Waals surface area contributed by atoms with Gasteiger partial charge in [0.1, 0.15) is 0 Å². The van der Waals surface area contributed by atoms with Gasteiger partial charge in [-0.15, -0.1) is 0 Å². The lowest BCUT2D eigenvalue weighted by atomic mass is 9.76. The summed E-state index contributed by atoms with van der Waals surface area (Å²) in [6.45, 7) is 4.70. The van der Waals surface area contributed by atoms with Crippen LogP contribution in [0.15, 0.2) is 48.5 Å². The second-order valence-electron chi connectivity index (χ2n) is 11.6. The summed E-state index contributed by atoms with van der Waals surface area (Å²) < 4.78 is 0. The molecule has 3 atom stereocenters. The molecule has 2 N–H and O–H groups in total. The van der Waals surface area contributed by atoms with Crippen LogP contribution in [0.1, 0.15) is 82.3 Å². The standard InChI is InChI=1S/C32H42N2O3/c1-23-7-6-21-34(23)22-18-24-10-12-25(13-11-24)26-14-16-27(17-15-26)32(19-4-5-20-32)31(37)33-29-9-3-2-8-28(29)30(35)36/h10-17,23,28-29H,2-9,18-22H2,1H3,(H,33,37)(H,35,36). The van der Waals surface area contributed by atoms with Gasteiger partial charge in [-0.2, -0.15) is 0 Å². The summed E-state index contributed by atoms with van der Waals surface area (Å²) >= 11 is 0. The van der Waals surface area contributed by atoms with Crippen LogP contribution in [0.3, 0.4) is 0 Å². The van der Waals surface area contributed by atoms with E-state index in [-0.39, 0.29) is 11.9 Å². The van der Waals surface area contributed by atoms with Crippen molar-refractivity contribution in [1.29, 1.82) is 0 Å². The van der Waals surface area contributed by atoms with Gasteiger partial charge >= 0.3 is 5.97 Å². The van der Waals surface area contributed by atoms with Crippen molar-refractivity contribution in [2.24, 2.45) is 5.92 Å². The second kappa shape index (κ2) is 11.4. The number of likely N-dealkylation sites (tertiary alicyclic amines) is 1. The number of aliphatic carboxylic acids is 1. The average Bonchev–Trinajstić information content (AvgIpc) is 3.58. The Morgan fingerprint density at radius 1 is 0.892 bits per heavy atom. The molecule has 1 saturated heterocycles. The van der Waals surface area contributed by atoms with Crippen LogP contribution in [0.25, 0.3) is 11.1 Å². The molecule has 1 heterocycles. The van der Waals surface area contributed by atoms with Gasteiger partial charge in [-0.3, -0.25) is 9.59 Å². The summed E-state index contributed by atoms with van der Waals surface area (Å²) in [7, 11) is 0. The van der Waals surface area contributed by atoms with Crippen molar-refractivity contribution in [3.8, 4) is 11.1 Å². The lowest BCUT2D eigenvalue weighted by Gasteiger charge is -2.34. The van der Waals surface area contributed by atoms with E-state index in [9.17, 15) is 14.7 Å². The highest BCUT2D eigenvalue weighted by Gasteiger charge is 2.44. The van der Waals surface area contributed by atoms with Crippen LogP contribution in [0.4, 0.5) is 0 Å². The number of hydrogen-bond donors (Lipinski definition) is 2. The van der Waals surface area contributed by atoms with E-state index >= 15 is 0 Å². The van der Waals surface area contributed by atoms with Gasteiger partial charge in [0.05, 0.1) is 11.3 Å². The summed E-state index contributed by atoms with van der Waals surface area (Å²) in [5.41, 5.74) is 4.25. The third-order valence-electron chi connectivity index (χ3n) is 9.39. The van der Waals surface area contributed by atoms with Crippen molar-refractivity contribution in [2.45, 2.75) is 95.1 Å². The zero-order valence-electron chi connectivity index (χ0n) is 22.3. The Kier molecular flexibility index (Phi) is 7.99. The molecule has 2 aromatic rings. The summed E-state index contributed by atoms with van der Waals surface area (Å²) in [6, 6.07) is 17.9. The Balaban J connectivity index is 1.26. The molecule has 2 aliphatic carbocycles. The number of carbonyl (C=O) groups is 2. The van der Waals surface area contributed by atoms with Gasteiger partial charge in [0.15, 0.2) is 0 Å². The maximum atomic E-state index is 13.7. The van der Waals surface area contributed by atoms with E-state index in [4.69, 9.17) is 0 Å². The molecule has 0 aromatic heterocycles. The first-order valence-corrected chi connectivity index (χ1v) is 14.4. The number of carboxylic acids is 1. The summed E-state index contributed by atoms with van der Waals surface area (Å²) in [4.78, 5) is 28.0. The topological polar surface area (TPSA) is 69.6 Å². The number of rotatable bonds is 8. The van der Waals surface area contributed by atoms with Gasteiger partial charge in [-0.25, -0.2) is 0 Å². The molecule has 5 nitrogen and oxygen atoms in total. The molecular formula is C32H42N2O3. The minimum Gasteiger partial charge on any atom is -0.481 e. The molecule has 198 valence electrons. The van der Waals surface area contributed by atoms with E-state index in [1.54, 1.807) is 0 Å². The fraction of sp³-hybridized carbons (Fsp3) is 0.562. The van der Waals surface area contributed by atoms with Crippen molar-refractivity contribution >= 4 is 11.9 Å². The minimum absolute atomic E-state index is 0.0209. The summed E-state index contributed by atoms with van der Waals surface area (Å²) in [6.07, 6.45) is 10.7. The molecule has 0 bridgehead atoms.